The lowest BCUT2D eigenvalue weighted by molar-refractivity contribution is -0.132. The van der Waals surface area contributed by atoms with Gasteiger partial charge in [-0.3, -0.25) is 4.79 Å². The summed E-state index contributed by atoms with van der Waals surface area (Å²) >= 11 is 0. The van der Waals surface area contributed by atoms with Crippen LogP contribution in [0, 0.1) is 5.82 Å². The molecule has 0 aromatic heterocycles. The van der Waals surface area contributed by atoms with Crippen molar-refractivity contribution >= 4 is 5.91 Å². The van der Waals surface area contributed by atoms with E-state index >= 15 is 0 Å². The average molecular weight is 239 g/mol. The van der Waals surface area contributed by atoms with Crippen LogP contribution in [0.3, 0.4) is 0 Å². The van der Waals surface area contributed by atoms with Gasteiger partial charge in [-0.15, -0.1) is 0 Å². The van der Waals surface area contributed by atoms with E-state index in [-0.39, 0.29) is 24.4 Å². The quantitative estimate of drug-likeness (QED) is 0.855. The first kappa shape index (κ1) is 13.6. The van der Waals surface area contributed by atoms with Gasteiger partial charge in [-0.25, -0.2) is 4.39 Å². The minimum Gasteiger partial charge on any atom is -0.396 e. The second-order valence-electron chi connectivity index (χ2n) is 4.06. The molecule has 1 aromatic rings. The highest BCUT2D eigenvalue weighted by molar-refractivity contribution is 5.76. The summed E-state index contributed by atoms with van der Waals surface area (Å²) in [7, 11) is 1.72. The molecule has 0 bridgehead atoms. The van der Waals surface area contributed by atoms with Gasteiger partial charge in [0.05, 0.1) is 6.04 Å². The lowest BCUT2D eigenvalue weighted by Crippen LogP contribution is -2.29. The highest BCUT2D eigenvalue weighted by Crippen LogP contribution is 2.19. The largest absolute Gasteiger partial charge is 0.396 e. The number of hydrogen-bond acceptors (Lipinski definition) is 2. The van der Waals surface area contributed by atoms with Gasteiger partial charge in [0.25, 0.3) is 0 Å². The maximum Gasteiger partial charge on any atom is 0.222 e. The number of halogens is 1. The average Bonchev–Trinajstić information content (AvgIpc) is 2.35. The zero-order chi connectivity index (χ0) is 12.8. The maximum absolute atomic E-state index is 12.8. The highest BCUT2D eigenvalue weighted by Gasteiger charge is 2.16. The van der Waals surface area contributed by atoms with Gasteiger partial charge in [0.2, 0.25) is 5.91 Å². The Balaban J connectivity index is 2.65. The molecule has 0 spiro atoms. The molecule has 1 N–H and O–H groups in total. The predicted octanol–water partition coefficient (Wildman–Crippen LogP) is 2.12. The number of aliphatic hydroxyl groups excluding tert-OH is 1. The Morgan fingerprint density at radius 2 is 2.00 bits per heavy atom. The number of benzene rings is 1. The van der Waals surface area contributed by atoms with Crippen molar-refractivity contribution < 1.29 is 14.3 Å². The molecule has 1 unspecified atom stereocenters. The molecule has 0 heterocycles. The van der Waals surface area contributed by atoms with Crippen molar-refractivity contribution in [1.29, 1.82) is 0 Å². The van der Waals surface area contributed by atoms with Crippen molar-refractivity contribution in [2.24, 2.45) is 0 Å². The molecule has 17 heavy (non-hydrogen) atoms. The fraction of sp³-hybridized carbons (Fsp3) is 0.462. The topological polar surface area (TPSA) is 40.5 Å². The minimum absolute atomic E-state index is 0.0177. The number of carbonyl (C=O) groups excluding carboxylic acids is 1. The standard InChI is InChI=1S/C13H18FNO2/c1-10(11-5-7-12(14)8-6-11)15(2)13(17)4-3-9-16/h5-8,10,16H,3-4,9H2,1-2H3. The van der Waals surface area contributed by atoms with E-state index in [1.54, 1.807) is 24.1 Å². The molecule has 0 saturated carbocycles. The second kappa shape index (κ2) is 6.35. The second-order valence-corrected chi connectivity index (χ2v) is 4.06. The SMILES string of the molecule is CC(c1ccc(F)cc1)N(C)C(=O)CCCO. The molecule has 0 aliphatic heterocycles. The first-order valence-electron chi connectivity index (χ1n) is 5.68. The molecule has 1 rings (SSSR count). The third kappa shape index (κ3) is 3.82. The highest BCUT2D eigenvalue weighted by atomic mass is 19.1. The molecule has 0 aliphatic rings. The van der Waals surface area contributed by atoms with Gasteiger partial charge in [0.1, 0.15) is 5.82 Å². The van der Waals surface area contributed by atoms with Gasteiger partial charge >= 0.3 is 0 Å². The summed E-state index contributed by atoms with van der Waals surface area (Å²) in [5.41, 5.74) is 0.895. The molecule has 0 fully saturated rings. The molecule has 0 radical (unpaired) electrons. The minimum atomic E-state index is -0.282. The monoisotopic (exact) mass is 239 g/mol. The fourth-order valence-electron chi connectivity index (χ4n) is 1.59. The van der Waals surface area contributed by atoms with E-state index in [0.717, 1.165) is 5.56 Å². The first-order valence-corrected chi connectivity index (χ1v) is 5.68. The lowest BCUT2D eigenvalue weighted by Gasteiger charge is -2.25. The molecule has 0 aliphatic carbocycles. The van der Waals surface area contributed by atoms with Gasteiger partial charge in [0, 0.05) is 20.1 Å². The number of carbonyl (C=O) groups is 1. The van der Waals surface area contributed by atoms with Crippen molar-refractivity contribution in [2.45, 2.75) is 25.8 Å². The van der Waals surface area contributed by atoms with Crippen LogP contribution in [-0.4, -0.2) is 29.6 Å². The van der Waals surface area contributed by atoms with Crippen molar-refractivity contribution in [3.8, 4) is 0 Å². The van der Waals surface area contributed by atoms with Gasteiger partial charge in [-0.1, -0.05) is 12.1 Å². The summed E-state index contributed by atoms with van der Waals surface area (Å²) in [6, 6.07) is 6.03. The third-order valence-corrected chi connectivity index (χ3v) is 2.88. The number of rotatable bonds is 5. The van der Waals surface area contributed by atoms with Gasteiger partial charge in [-0.2, -0.15) is 0 Å². The Morgan fingerprint density at radius 1 is 1.41 bits per heavy atom. The molecule has 1 amide bonds. The summed E-state index contributed by atoms with van der Waals surface area (Å²) in [6.07, 6.45) is 0.803. The van der Waals surface area contributed by atoms with Crippen LogP contribution >= 0.6 is 0 Å². The van der Waals surface area contributed by atoms with Gasteiger partial charge < -0.3 is 10.0 Å². The molecule has 0 saturated heterocycles. The molecule has 1 atom stereocenters. The normalized spacial score (nSPS) is 12.2. The molecule has 3 nitrogen and oxygen atoms in total. The van der Waals surface area contributed by atoms with Crippen LogP contribution in [0.4, 0.5) is 4.39 Å². The van der Waals surface area contributed by atoms with Crippen molar-refractivity contribution in [1.82, 2.24) is 4.90 Å². The third-order valence-electron chi connectivity index (χ3n) is 2.88. The van der Waals surface area contributed by atoms with Crippen LogP contribution in [0.15, 0.2) is 24.3 Å². The summed E-state index contributed by atoms with van der Waals surface area (Å²) in [5, 5.41) is 8.67. The van der Waals surface area contributed by atoms with E-state index in [0.29, 0.717) is 12.8 Å². The van der Waals surface area contributed by atoms with Crippen molar-refractivity contribution in [3.63, 3.8) is 0 Å². The molecular weight excluding hydrogens is 221 g/mol. The molecule has 1 aromatic carbocycles. The summed E-state index contributed by atoms with van der Waals surface area (Å²) in [5.74, 6) is -0.300. The van der Waals surface area contributed by atoms with Crippen molar-refractivity contribution in [2.75, 3.05) is 13.7 Å². The van der Waals surface area contributed by atoms with Crippen molar-refractivity contribution in [3.05, 3.63) is 35.6 Å². The van der Waals surface area contributed by atoms with E-state index in [4.69, 9.17) is 5.11 Å². The molecular formula is C13H18FNO2. The molecule has 94 valence electrons. The Morgan fingerprint density at radius 3 is 2.53 bits per heavy atom. The summed E-state index contributed by atoms with van der Waals surface area (Å²) in [4.78, 5) is 13.3. The lowest BCUT2D eigenvalue weighted by atomic mass is 10.1. The molecule has 4 heteroatoms. The van der Waals surface area contributed by atoms with E-state index < -0.39 is 0 Å². The number of amides is 1. The van der Waals surface area contributed by atoms with E-state index in [1.807, 2.05) is 6.92 Å². The summed E-state index contributed by atoms with van der Waals surface area (Å²) < 4.78 is 12.8. The predicted molar refractivity (Wildman–Crippen MR) is 63.9 cm³/mol. The number of hydrogen-bond donors (Lipinski definition) is 1. The maximum atomic E-state index is 12.8. The van der Waals surface area contributed by atoms with Gasteiger partial charge in [-0.05, 0) is 31.0 Å². The first-order chi connectivity index (χ1) is 8.06. The zero-order valence-electron chi connectivity index (χ0n) is 10.2. The van der Waals surface area contributed by atoms with Crippen LogP contribution in [0.1, 0.15) is 31.4 Å². The fourth-order valence-corrected chi connectivity index (χ4v) is 1.59. The van der Waals surface area contributed by atoms with E-state index in [1.165, 1.54) is 12.1 Å². The van der Waals surface area contributed by atoms with Crippen LogP contribution < -0.4 is 0 Å². The van der Waals surface area contributed by atoms with Gasteiger partial charge in [0.15, 0.2) is 0 Å². The Hall–Kier alpha value is -1.42. The zero-order valence-corrected chi connectivity index (χ0v) is 10.2. The Bertz CT molecular complexity index is 364. The van der Waals surface area contributed by atoms with E-state index in [9.17, 15) is 9.18 Å². The Labute approximate surface area is 101 Å². The Kier molecular flexibility index (Phi) is 5.10. The van der Waals surface area contributed by atoms with Crippen LogP contribution in [-0.2, 0) is 4.79 Å². The van der Waals surface area contributed by atoms with Crippen LogP contribution in [0.25, 0.3) is 0 Å². The van der Waals surface area contributed by atoms with Crippen LogP contribution in [0.5, 0.6) is 0 Å². The summed E-state index contributed by atoms with van der Waals surface area (Å²) in [6.45, 7) is 1.91. The van der Waals surface area contributed by atoms with E-state index in [2.05, 4.69) is 0 Å². The van der Waals surface area contributed by atoms with Crippen LogP contribution in [0.2, 0.25) is 0 Å². The number of aliphatic hydroxyl groups is 1. The number of nitrogens with zero attached hydrogens (tertiary/aromatic N) is 1. The smallest absolute Gasteiger partial charge is 0.222 e.